The molecule has 13 heavy (non-hydrogen) atoms. The topological polar surface area (TPSA) is 52.3 Å². The Kier molecular flexibility index (Phi) is 2.06. The van der Waals surface area contributed by atoms with Gasteiger partial charge >= 0.3 is 0 Å². The fraction of sp³-hybridized carbons (Fsp3) is 0.375. The quantitative estimate of drug-likeness (QED) is 0.808. The van der Waals surface area contributed by atoms with Gasteiger partial charge in [0.2, 0.25) is 5.91 Å². The van der Waals surface area contributed by atoms with Crippen molar-refractivity contribution in [3.05, 3.63) is 21.3 Å². The van der Waals surface area contributed by atoms with Crippen molar-refractivity contribution in [2.75, 3.05) is 13.2 Å². The number of hydrogen-bond donors (Lipinski definition) is 1. The molecule has 2 rings (SSSR count). The van der Waals surface area contributed by atoms with E-state index in [-0.39, 0.29) is 5.91 Å². The largest absolute Gasteiger partial charge is 0.378 e. The number of nitrogens with two attached hydrogens (primary N) is 1. The van der Waals surface area contributed by atoms with E-state index >= 15 is 0 Å². The maximum atomic E-state index is 11.2. The lowest BCUT2D eigenvalue weighted by Gasteiger charge is -2.37. The number of ether oxygens (including phenoxy) is 1. The van der Waals surface area contributed by atoms with Crippen molar-refractivity contribution in [1.82, 2.24) is 0 Å². The van der Waals surface area contributed by atoms with Gasteiger partial charge in [-0.1, -0.05) is 11.6 Å². The summed E-state index contributed by atoms with van der Waals surface area (Å²) in [5.74, 6) is -0.336. The first kappa shape index (κ1) is 8.99. The molecule has 1 aliphatic heterocycles. The highest BCUT2D eigenvalue weighted by molar-refractivity contribution is 7.16. The standard InChI is InChI=1S/C8H8ClNO2S/c9-6-2-1-5(13-6)8(7(10)11)3-12-4-8/h1-2H,3-4H2,(H2,10,11). The molecule has 0 aliphatic carbocycles. The van der Waals surface area contributed by atoms with Crippen LogP contribution in [0.3, 0.4) is 0 Å². The molecule has 1 aromatic heterocycles. The first-order valence-electron chi connectivity index (χ1n) is 3.79. The third-order valence-electron chi connectivity index (χ3n) is 2.21. The van der Waals surface area contributed by atoms with E-state index in [1.807, 2.05) is 6.07 Å². The van der Waals surface area contributed by atoms with Crippen molar-refractivity contribution < 1.29 is 9.53 Å². The van der Waals surface area contributed by atoms with Gasteiger partial charge in [0.1, 0.15) is 5.41 Å². The predicted octanol–water partition coefficient (Wildman–Crippen LogP) is 1.15. The van der Waals surface area contributed by atoms with Crippen LogP contribution in [0.4, 0.5) is 0 Å². The highest BCUT2D eigenvalue weighted by Gasteiger charge is 2.47. The van der Waals surface area contributed by atoms with Gasteiger partial charge in [-0.2, -0.15) is 0 Å². The van der Waals surface area contributed by atoms with Crippen LogP contribution in [0, 0.1) is 0 Å². The minimum absolute atomic E-state index is 0.336. The molecule has 1 aliphatic rings. The third-order valence-corrected chi connectivity index (χ3v) is 3.65. The molecule has 0 radical (unpaired) electrons. The summed E-state index contributed by atoms with van der Waals surface area (Å²) < 4.78 is 5.69. The first-order chi connectivity index (χ1) is 6.15. The zero-order valence-corrected chi connectivity index (χ0v) is 8.32. The molecule has 0 spiro atoms. The maximum absolute atomic E-state index is 11.2. The lowest BCUT2D eigenvalue weighted by atomic mass is 9.83. The Bertz CT molecular complexity index is 346. The van der Waals surface area contributed by atoms with Crippen LogP contribution in [-0.4, -0.2) is 19.1 Å². The lowest BCUT2D eigenvalue weighted by Crippen LogP contribution is -2.55. The summed E-state index contributed by atoms with van der Waals surface area (Å²) >= 11 is 7.16. The number of carbonyl (C=O) groups excluding carboxylic acids is 1. The Morgan fingerprint density at radius 3 is 2.62 bits per heavy atom. The molecule has 0 aromatic carbocycles. The Hall–Kier alpha value is -0.580. The number of halogens is 1. The van der Waals surface area contributed by atoms with Crippen LogP contribution in [0.5, 0.6) is 0 Å². The fourth-order valence-corrected chi connectivity index (χ4v) is 2.49. The molecule has 0 bridgehead atoms. The van der Waals surface area contributed by atoms with E-state index in [2.05, 4.69) is 0 Å². The zero-order chi connectivity index (χ0) is 9.47. The van der Waals surface area contributed by atoms with E-state index < -0.39 is 5.41 Å². The molecule has 70 valence electrons. The van der Waals surface area contributed by atoms with Gasteiger partial charge in [0.15, 0.2) is 0 Å². The fourth-order valence-electron chi connectivity index (χ4n) is 1.28. The second kappa shape index (κ2) is 2.97. The molecular formula is C8H8ClNO2S. The Morgan fingerprint density at radius 1 is 1.62 bits per heavy atom. The van der Waals surface area contributed by atoms with Crippen LogP contribution < -0.4 is 5.73 Å². The molecule has 0 saturated carbocycles. The molecule has 1 fully saturated rings. The molecule has 0 unspecified atom stereocenters. The van der Waals surface area contributed by atoms with Crippen molar-refractivity contribution in [2.24, 2.45) is 5.73 Å². The molecule has 1 saturated heterocycles. The summed E-state index contributed by atoms with van der Waals surface area (Å²) in [6.45, 7) is 0.748. The van der Waals surface area contributed by atoms with Crippen molar-refractivity contribution >= 4 is 28.8 Å². The average molecular weight is 218 g/mol. The first-order valence-corrected chi connectivity index (χ1v) is 4.98. The molecule has 1 amide bonds. The predicted molar refractivity (Wildman–Crippen MR) is 51.0 cm³/mol. The highest BCUT2D eigenvalue weighted by atomic mass is 35.5. The minimum atomic E-state index is -0.613. The monoisotopic (exact) mass is 217 g/mol. The summed E-state index contributed by atoms with van der Waals surface area (Å²) in [5.41, 5.74) is 4.71. The van der Waals surface area contributed by atoms with Crippen molar-refractivity contribution in [3.8, 4) is 0 Å². The minimum Gasteiger partial charge on any atom is -0.378 e. The second-order valence-electron chi connectivity index (χ2n) is 3.04. The third kappa shape index (κ3) is 1.25. The van der Waals surface area contributed by atoms with Crippen LogP contribution in [0.25, 0.3) is 0 Å². The maximum Gasteiger partial charge on any atom is 0.233 e. The summed E-state index contributed by atoms with van der Waals surface area (Å²) in [7, 11) is 0. The number of amides is 1. The van der Waals surface area contributed by atoms with Crippen molar-refractivity contribution in [1.29, 1.82) is 0 Å². The van der Waals surface area contributed by atoms with Crippen molar-refractivity contribution in [3.63, 3.8) is 0 Å². The van der Waals surface area contributed by atoms with Gasteiger partial charge in [0.25, 0.3) is 0 Å². The van der Waals surface area contributed by atoms with Gasteiger partial charge in [-0.25, -0.2) is 0 Å². The van der Waals surface area contributed by atoms with Gasteiger partial charge in [-0.3, -0.25) is 4.79 Å². The highest BCUT2D eigenvalue weighted by Crippen LogP contribution is 2.37. The number of thiophene rings is 1. The summed E-state index contributed by atoms with van der Waals surface area (Å²) in [6, 6.07) is 3.60. The van der Waals surface area contributed by atoms with Gasteiger partial charge in [-0.05, 0) is 12.1 Å². The molecule has 2 heterocycles. The Balaban J connectivity index is 2.37. The summed E-state index contributed by atoms with van der Waals surface area (Å²) in [5, 5.41) is 0. The van der Waals surface area contributed by atoms with Gasteiger partial charge in [0.05, 0.1) is 17.6 Å². The van der Waals surface area contributed by atoms with E-state index in [9.17, 15) is 4.79 Å². The smallest absolute Gasteiger partial charge is 0.233 e. The zero-order valence-electron chi connectivity index (χ0n) is 6.75. The van der Waals surface area contributed by atoms with Gasteiger partial charge < -0.3 is 10.5 Å². The SMILES string of the molecule is NC(=O)C1(c2ccc(Cl)s2)COC1. The molecule has 2 N–H and O–H groups in total. The molecule has 5 heteroatoms. The molecule has 0 atom stereocenters. The number of rotatable bonds is 2. The normalized spacial score (nSPS) is 19.5. The van der Waals surface area contributed by atoms with Crippen LogP contribution >= 0.6 is 22.9 Å². The van der Waals surface area contributed by atoms with Crippen LogP contribution in [-0.2, 0) is 14.9 Å². The summed E-state index contributed by atoms with van der Waals surface area (Å²) in [4.78, 5) is 12.1. The van der Waals surface area contributed by atoms with Crippen LogP contribution in [0.1, 0.15) is 4.88 Å². The van der Waals surface area contributed by atoms with E-state index in [4.69, 9.17) is 22.1 Å². The van der Waals surface area contributed by atoms with Crippen LogP contribution in [0.2, 0.25) is 4.34 Å². The lowest BCUT2D eigenvalue weighted by molar-refractivity contribution is -0.141. The molecular weight excluding hydrogens is 210 g/mol. The Labute approximate surface area is 84.4 Å². The van der Waals surface area contributed by atoms with Crippen LogP contribution in [0.15, 0.2) is 12.1 Å². The van der Waals surface area contributed by atoms with E-state index in [0.29, 0.717) is 17.6 Å². The average Bonchev–Trinajstić information content (AvgIpc) is 2.32. The second-order valence-corrected chi connectivity index (χ2v) is 4.76. The van der Waals surface area contributed by atoms with Crippen molar-refractivity contribution in [2.45, 2.75) is 5.41 Å². The van der Waals surface area contributed by atoms with E-state index in [1.165, 1.54) is 11.3 Å². The van der Waals surface area contributed by atoms with E-state index in [0.717, 1.165) is 4.88 Å². The molecule has 1 aromatic rings. The number of carbonyl (C=O) groups is 1. The van der Waals surface area contributed by atoms with Gasteiger partial charge in [-0.15, -0.1) is 11.3 Å². The summed E-state index contributed by atoms with van der Waals surface area (Å²) in [6.07, 6.45) is 0. The Morgan fingerprint density at radius 2 is 2.31 bits per heavy atom. The number of hydrogen-bond acceptors (Lipinski definition) is 3. The van der Waals surface area contributed by atoms with E-state index in [1.54, 1.807) is 6.07 Å². The molecule has 3 nitrogen and oxygen atoms in total. The van der Waals surface area contributed by atoms with Gasteiger partial charge in [0, 0.05) is 4.88 Å². The number of primary amides is 1.